The molecule has 0 saturated heterocycles. The Labute approximate surface area is 378 Å². The average molecular weight is 901 g/mol. The molecule has 0 fully saturated rings. The molecule has 0 saturated carbocycles. The molecule has 6 aliphatic rings. The first-order valence-corrected chi connectivity index (χ1v) is 23.8. The summed E-state index contributed by atoms with van der Waals surface area (Å²) in [5.74, 6) is 0. The molecule has 3 nitrogen and oxygen atoms in total. The quantitative estimate of drug-likeness (QED) is 0.129. The second kappa shape index (κ2) is 12.4. The lowest BCUT2D eigenvalue weighted by molar-refractivity contribution is -0.0932. The number of aromatic nitrogens is 1. The van der Waals surface area contributed by atoms with Crippen molar-refractivity contribution < 1.29 is 26.3 Å². The molecule has 326 valence electrons. The molecule has 0 bridgehead atoms. The molecule has 6 aliphatic heterocycles. The third-order valence-electron chi connectivity index (χ3n) is 14.3. The van der Waals surface area contributed by atoms with E-state index in [-0.39, 0.29) is 27.7 Å². The molecule has 1 aromatic heterocycles. The van der Waals surface area contributed by atoms with Crippen molar-refractivity contribution in [3.05, 3.63) is 195 Å². The van der Waals surface area contributed by atoms with Crippen molar-refractivity contribution in [3.63, 3.8) is 0 Å². The Balaban J connectivity index is 1.33. The van der Waals surface area contributed by atoms with E-state index in [9.17, 15) is 0 Å². The molecule has 0 radical (unpaired) electrons. The lowest BCUT2D eigenvalue weighted by Gasteiger charge is -2.44. The maximum absolute atomic E-state index is 16.7. The topological polar surface area (TPSA) is 11.4 Å². The van der Waals surface area contributed by atoms with Crippen LogP contribution in [-0.2, 0) is 10.8 Å². The number of allylic oxidation sites excluding steroid dienone is 6. The zero-order chi connectivity index (χ0) is 45.8. The van der Waals surface area contributed by atoms with Gasteiger partial charge >= 0.3 is 20.1 Å². The number of alkyl halides is 6. The van der Waals surface area contributed by atoms with Crippen molar-refractivity contribution in [3.8, 4) is 22.3 Å². The normalized spacial score (nSPS) is 19.2. The highest BCUT2D eigenvalue weighted by molar-refractivity contribution is 7.80. The highest BCUT2D eigenvalue weighted by Gasteiger charge is 2.78. The van der Waals surface area contributed by atoms with Crippen LogP contribution in [0, 0.1) is 0 Å². The van der Waals surface area contributed by atoms with Crippen molar-refractivity contribution in [2.24, 2.45) is 0 Å². The second-order valence-electron chi connectivity index (χ2n) is 20.2. The number of hydrogen-bond donors (Lipinski definition) is 0. The Morgan fingerprint density at radius 2 is 0.833 bits per heavy atom. The van der Waals surface area contributed by atoms with Gasteiger partial charge in [0.15, 0.2) is 5.30 Å². The predicted octanol–water partition coefficient (Wildman–Crippen LogP) is 15.6. The van der Waals surface area contributed by atoms with E-state index in [4.69, 9.17) is 0 Å². The Hall–Kier alpha value is -6.57. The standard InChI is InChI=1S/C56H41F6N3P/c1-53(2,3)34-24-38-39-25-35(54(4,5)6)27-42-44-28-36(31-18-12-8-13-19-31)46(55(57,58)59)50-51-47(56(60,61)62)37(32-20-14-9-15-21-32)29-45-43-23-33(30-16-10-7-11-17-30)22-41-40(26-34)48(38)65(49(39)42)66(52(41)43,63(44)50)64(45)51/h7-29H,1-6H3/q+1. The van der Waals surface area contributed by atoms with E-state index in [1.807, 2.05) is 30.3 Å². The summed E-state index contributed by atoms with van der Waals surface area (Å²) in [7, 11) is -3.77. The smallest absolute Gasteiger partial charge is 0.169 e. The lowest BCUT2D eigenvalue weighted by atomic mass is 9.82. The zero-order valence-corrected chi connectivity index (χ0v) is 37.7. The molecular formula is C56H41F6N3P+. The van der Waals surface area contributed by atoms with E-state index in [1.165, 1.54) is 0 Å². The molecule has 1 spiro atoms. The highest BCUT2D eigenvalue weighted by atomic mass is 31.2. The van der Waals surface area contributed by atoms with Gasteiger partial charge in [-0.2, -0.15) is 40.0 Å². The summed E-state index contributed by atoms with van der Waals surface area (Å²) in [5.41, 5.74) is 5.94. The van der Waals surface area contributed by atoms with Crippen LogP contribution in [0.25, 0.3) is 66.6 Å². The van der Waals surface area contributed by atoms with Crippen LogP contribution in [0.3, 0.4) is 0 Å². The van der Waals surface area contributed by atoms with Gasteiger partial charge in [-0.25, -0.2) is 0 Å². The van der Waals surface area contributed by atoms with Crippen LogP contribution in [-0.4, -0.2) is 26.0 Å². The Kier molecular flexibility index (Phi) is 7.50. The van der Waals surface area contributed by atoms with Gasteiger partial charge in [-0.3, -0.25) is 0 Å². The fourth-order valence-electron chi connectivity index (χ4n) is 11.4. The molecule has 1 unspecified atom stereocenters. The van der Waals surface area contributed by atoms with Crippen LogP contribution < -0.4 is 5.30 Å². The van der Waals surface area contributed by atoms with Crippen LogP contribution in [0.15, 0.2) is 162 Å². The van der Waals surface area contributed by atoms with E-state index in [1.54, 1.807) is 82.2 Å². The van der Waals surface area contributed by atoms with Crippen molar-refractivity contribution in [2.45, 2.75) is 64.7 Å². The molecule has 66 heavy (non-hydrogen) atoms. The van der Waals surface area contributed by atoms with Gasteiger partial charge in [-0.15, -0.1) is 0 Å². The van der Waals surface area contributed by atoms with Gasteiger partial charge in [0.1, 0.15) is 16.9 Å². The molecule has 0 aliphatic carbocycles. The number of halogens is 6. The molecule has 13 rings (SSSR count). The van der Waals surface area contributed by atoms with E-state index >= 15 is 26.3 Å². The Bertz CT molecular complexity index is 3550. The van der Waals surface area contributed by atoms with Crippen LogP contribution in [0.1, 0.15) is 74.9 Å². The second-order valence-corrected chi connectivity index (χ2v) is 23.0. The average Bonchev–Trinajstić information content (AvgIpc) is 3.88. The first-order chi connectivity index (χ1) is 31.3. The third kappa shape index (κ3) is 4.89. The van der Waals surface area contributed by atoms with Gasteiger partial charge in [-0.1, -0.05) is 133 Å². The van der Waals surface area contributed by atoms with E-state index in [0.717, 1.165) is 60.5 Å². The van der Waals surface area contributed by atoms with Gasteiger partial charge in [-0.05, 0) is 104 Å². The van der Waals surface area contributed by atoms with E-state index < -0.39 is 48.0 Å². The monoisotopic (exact) mass is 900 g/mol. The maximum Gasteiger partial charge on any atom is 0.419 e. The zero-order valence-electron chi connectivity index (χ0n) is 36.8. The first kappa shape index (κ1) is 39.8. The Morgan fingerprint density at radius 1 is 0.424 bits per heavy atom. The molecule has 0 N–H and O–H groups in total. The number of hydrogen-bond acceptors (Lipinski definition) is 2. The van der Waals surface area contributed by atoms with Crippen molar-refractivity contribution in [1.82, 2.24) is 13.7 Å². The molecule has 6 aromatic carbocycles. The highest BCUT2D eigenvalue weighted by Crippen LogP contribution is 2.87. The molecular weight excluding hydrogens is 860 g/mol. The number of rotatable bonds is 3. The fourth-order valence-corrected chi connectivity index (χ4v) is 16.4. The summed E-state index contributed by atoms with van der Waals surface area (Å²) in [4.78, 5) is 0. The van der Waals surface area contributed by atoms with E-state index in [0.29, 0.717) is 22.5 Å². The number of fused-ring (bicyclic) bond motifs is 4. The maximum atomic E-state index is 16.7. The minimum Gasteiger partial charge on any atom is -0.169 e. The summed E-state index contributed by atoms with van der Waals surface area (Å²) in [6.45, 7) is 12.9. The van der Waals surface area contributed by atoms with Crippen molar-refractivity contribution in [2.75, 3.05) is 0 Å². The number of nitrogens with zero attached hydrogens (tertiary/aromatic N) is 3. The third-order valence-corrected chi connectivity index (χ3v) is 18.3. The summed E-state index contributed by atoms with van der Waals surface area (Å²) in [6, 6.07) is 39.4. The van der Waals surface area contributed by atoms with Gasteiger partial charge in [0.2, 0.25) is 0 Å². The lowest BCUT2D eigenvalue weighted by Crippen LogP contribution is -2.40. The summed E-state index contributed by atoms with van der Waals surface area (Å²) in [5, 5.41) is 2.62. The van der Waals surface area contributed by atoms with E-state index in [2.05, 4.69) is 82.3 Å². The van der Waals surface area contributed by atoms with Crippen LogP contribution in [0.2, 0.25) is 0 Å². The van der Waals surface area contributed by atoms with Gasteiger partial charge < -0.3 is 0 Å². The van der Waals surface area contributed by atoms with Crippen molar-refractivity contribution >= 4 is 57.4 Å². The molecule has 7 heterocycles. The fraction of sp³-hybridized carbons (Fsp3) is 0.179. The van der Waals surface area contributed by atoms with Crippen molar-refractivity contribution in [1.29, 1.82) is 0 Å². The summed E-state index contributed by atoms with van der Waals surface area (Å²) < 4.78 is 106. The first-order valence-electron chi connectivity index (χ1n) is 22.1. The Morgan fingerprint density at radius 3 is 1.29 bits per heavy atom. The molecule has 7 aromatic rings. The molecule has 1 atom stereocenters. The molecule has 0 amide bonds. The summed E-state index contributed by atoms with van der Waals surface area (Å²) in [6.07, 6.45) is -6.92. The minimum absolute atomic E-state index is 0.164. The predicted molar refractivity (Wildman–Crippen MR) is 255 cm³/mol. The number of benzene rings is 6. The van der Waals surface area contributed by atoms with Gasteiger partial charge in [0, 0.05) is 27.5 Å². The van der Waals surface area contributed by atoms with Crippen LogP contribution in [0.5, 0.6) is 0 Å². The van der Waals surface area contributed by atoms with Crippen LogP contribution in [0.4, 0.5) is 26.3 Å². The largest absolute Gasteiger partial charge is 0.419 e. The SMILES string of the molecule is CC(C)(C)c1cc2c3c(c1)c1cc(C(C)(C)C)cc4c1n3[P+]13c5c(cc(-c6ccccc6)cc5-4)C4=CC(c5ccccc5)=C(C(F)(F)F)C(=C5C(C(F)(F)F)=C(c6ccccc6)C=C2N51)N43. The van der Waals surface area contributed by atoms with Gasteiger partial charge in [0.25, 0.3) is 0 Å². The molecule has 10 heteroatoms. The summed E-state index contributed by atoms with van der Waals surface area (Å²) >= 11 is 0. The minimum atomic E-state index is -5.08. The van der Waals surface area contributed by atoms with Crippen LogP contribution >= 0.6 is 7.71 Å². The van der Waals surface area contributed by atoms with Gasteiger partial charge in [0.05, 0.1) is 33.6 Å².